The van der Waals surface area contributed by atoms with Crippen molar-refractivity contribution in [1.29, 1.82) is 0 Å². The van der Waals surface area contributed by atoms with Crippen LogP contribution in [0.5, 0.6) is 11.5 Å². The fourth-order valence-corrected chi connectivity index (χ4v) is 2.80. The number of benzene rings is 2. The van der Waals surface area contributed by atoms with Gasteiger partial charge in [0.25, 0.3) is 0 Å². The van der Waals surface area contributed by atoms with E-state index in [4.69, 9.17) is 14.6 Å². The van der Waals surface area contributed by atoms with Gasteiger partial charge in [0.1, 0.15) is 11.5 Å². The minimum Gasteiger partial charge on any atom is -0.496 e. The van der Waals surface area contributed by atoms with Crippen LogP contribution in [0.3, 0.4) is 0 Å². The van der Waals surface area contributed by atoms with Crippen LogP contribution in [0.25, 0.3) is 0 Å². The van der Waals surface area contributed by atoms with Gasteiger partial charge in [-0.05, 0) is 41.7 Å². The van der Waals surface area contributed by atoms with Crippen LogP contribution in [0, 0.1) is 5.92 Å². The molecule has 0 bridgehead atoms. The number of carboxylic acid groups (broad SMARTS) is 1. The Balaban J connectivity index is 1.81. The smallest absolute Gasteiger partial charge is 0.341 e. The zero-order valence-electron chi connectivity index (χ0n) is 15.6. The quantitative estimate of drug-likeness (QED) is 0.671. The van der Waals surface area contributed by atoms with E-state index < -0.39 is 12.6 Å². The molecule has 6 heteroatoms. The average molecular weight is 371 g/mol. The van der Waals surface area contributed by atoms with Crippen molar-refractivity contribution in [3.63, 3.8) is 0 Å². The molecule has 27 heavy (non-hydrogen) atoms. The van der Waals surface area contributed by atoms with Crippen molar-refractivity contribution in [3.8, 4) is 11.5 Å². The Hall–Kier alpha value is -3.02. The number of methoxy groups -OCH3 is 1. The maximum atomic E-state index is 12.2. The molecule has 0 saturated heterocycles. The Kier molecular flexibility index (Phi) is 7.67. The Morgan fingerprint density at radius 3 is 2.67 bits per heavy atom. The summed E-state index contributed by atoms with van der Waals surface area (Å²) >= 11 is 0. The van der Waals surface area contributed by atoms with E-state index in [1.54, 1.807) is 25.3 Å². The highest BCUT2D eigenvalue weighted by atomic mass is 16.5. The number of carbonyl (C=O) groups excluding carboxylic acids is 1. The van der Waals surface area contributed by atoms with Crippen molar-refractivity contribution in [2.24, 2.45) is 5.92 Å². The van der Waals surface area contributed by atoms with Gasteiger partial charge in [0.15, 0.2) is 6.61 Å². The van der Waals surface area contributed by atoms with Gasteiger partial charge in [-0.1, -0.05) is 37.3 Å². The van der Waals surface area contributed by atoms with Gasteiger partial charge in [0.2, 0.25) is 5.91 Å². The molecule has 0 fully saturated rings. The molecule has 6 nitrogen and oxygen atoms in total. The van der Waals surface area contributed by atoms with Crippen molar-refractivity contribution in [2.45, 2.75) is 26.3 Å². The predicted molar refractivity (Wildman–Crippen MR) is 102 cm³/mol. The van der Waals surface area contributed by atoms with Gasteiger partial charge in [-0.3, -0.25) is 4.79 Å². The minimum absolute atomic E-state index is 0.0331. The van der Waals surface area contributed by atoms with Crippen LogP contribution >= 0.6 is 0 Å². The molecule has 0 spiro atoms. The van der Waals surface area contributed by atoms with E-state index in [1.165, 1.54) is 0 Å². The number of hydrogen-bond donors (Lipinski definition) is 2. The number of amides is 1. The molecule has 2 N–H and O–H groups in total. The summed E-state index contributed by atoms with van der Waals surface area (Å²) in [5.74, 6) is 0.412. The van der Waals surface area contributed by atoms with E-state index in [2.05, 4.69) is 5.32 Å². The molecule has 0 heterocycles. The summed E-state index contributed by atoms with van der Waals surface area (Å²) < 4.78 is 10.5. The molecule has 0 saturated carbocycles. The zero-order valence-corrected chi connectivity index (χ0v) is 15.6. The number of ether oxygens (including phenoxy) is 2. The van der Waals surface area contributed by atoms with Crippen molar-refractivity contribution < 1.29 is 24.2 Å². The molecule has 0 aliphatic carbocycles. The lowest BCUT2D eigenvalue weighted by Crippen LogP contribution is -2.25. The van der Waals surface area contributed by atoms with E-state index in [-0.39, 0.29) is 11.8 Å². The molecule has 1 unspecified atom stereocenters. The second-order valence-corrected chi connectivity index (χ2v) is 6.43. The highest BCUT2D eigenvalue weighted by Crippen LogP contribution is 2.22. The topological polar surface area (TPSA) is 84.9 Å². The molecule has 2 aromatic rings. The molecule has 1 atom stereocenters. The number of carboxylic acids is 1. The first-order chi connectivity index (χ1) is 13.0. The van der Waals surface area contributed by atoms with Crippen LogP contribution in [-0.4, -0.2) is 30.7 Å². The van der Waals surface area contributed by atoms with Gasteiger partial charge in [-0.2, -0.15) is 0 Å². The summed E-state index contributed by atoms with van der Waals surface area (Å²) in [6.07, 6.45) is 1.17. The summed E-state index contributed by atoms with van der Waals surface area (Å²) in [5, 5.41) is 11.5. The average Bonchev–Trinajstić information content (AvgIpc) is 2.65. The van der Waals surface area contributed by atoms with E-state index in [1.807, 2.05) is 37.3 Å². The molecule has 0 radical (unpaired) electrons. The lowest BCUT2D eigenvalue weighted by Gasteiger charge is -2.14. The van der Waals surface area contributed by atoms with Crippen LogP contribution in [0.1, 0.15) is 24.5 Å². The first kappa shape index (κ1) is 20.3. The van der Waals surface area contributed by atoms with Gasteiger partial charge in [0, 0.05) is 13.0 Å². The third-order valence-electron chi connectivity index (χ3n) is 4.05. The monoisotopic (exact) mass is 371 g/mol. The van der Waals surface area contributed by atoms with Crippen molar-refractivity contribution in [2.75, 3.05) is 13.7 Å². The number of rotatable bonds is 10. The van der Waals surface area contributed by atoms with Gasteiger partial charge in [0.05, 0.1) is 7.11 Å². The first-order valence-corrected chi connectivity index (χ1v) is 8.80. The SMILES string of the molecule is COc1ccccc1CC(C)CC(=O)NCc1cccc(OCC(=O)O)c1. The normalized spacial score (nSPS) is 11.5. The highest BCUT2D eigenvalue weighted by molar-refractivity contribution is 5.76. The van der Waals surface area contributed by atoms with Gasteiger partial charge >= 0.3 is 5.97 Å². The molecular formula is C21H25NO5. The molecule has 1 amide bonds. The number of nitrogens with one attached hydrogen (secondary N) is 1. The molecule has 2 aromatic carbocycles. The molecule has 144 valence electrons. The summed E-state index contributed by atoms with van der Waals surface area (Å²) in [4.78, 5) is 22.8. The standard InChI is InChI=1S/C21H25NO5/c1-15(10-17-7-3-4-9-19(17)26-2)11-20(23)22-13-16-6-5-8-18(12-16)27-14-21(24)25/h3-9,12,15H,10-11,13-14H2,1-2H3,(H,22,23)(H,24,25). The zero-order chi connectivity index (χ0) is 19.6. The Morgan fingerprint density at radius 1 is 1.15 bits per heavy atom. The maximum Gasteiger partial charge on any atom is 0.341 e. The van der Waals surface area contributed by atoms with Crippen molar-refractivity contribution >= 4 is 11.9 Å². The Bertz CT molecular complexity index is 775. The number of aliphatic carboxylic acids is 1. The maximum absolute atomic E-state index is 12.2. The highest BCUT2D eigenvalue weighted by Gasteiger charge is 2.12. The van der Waals surface area contributed by atoms with E-state index in [9.17, 15) is 9.59 Å². The fraction of sp³-hybridized carbons (Fsp3) is 0.333. The fourth-order valence-electron chi connectivity index (χ4n) is 2.80. The Labute approximate surface area is 159 Å². The number of carbonyl (C=O) groups is 2. The molecular weight excluding hydrogens is 346 g/mol. The van der Waals surface area contributed by atoms with Gasteiger partial charge in [-0.15, -0.1) is 0 Å². The van der Waals surface area contributed by atoms with Gasteiger partial charge < -0.3 is 19.9 Å². The van der Waals surface area contributed by atoms with Crippen LogP contribution in [0.15, 0.2) is 48.5 Å². The minimum atomic E-state index is -1.03. The summed E-state index contributed by atoms with van der Waals surface area (Å²) in [6.45, 7) is 2.01. The number of para-hydroxylation sites is 1. The second-order valence-electron chi connectivity index (χ2n) is 6.43. The second kappa shape index (κ2) is 10.2. The Morgan fingerprint density at radius 2 is 1.93 bits per heavy atom. The molecule has 2 rings (SSSR count). The predicted octanol–water partition coefficient (Wildman–Crippen LogP) is 3.04. The lowest BCUT2D eigenvalue weighted by atomic mass is 9.97. The summed E-state index contributed by atoms with van der Waals surface area (Å²) in [6, 6.07) is 14.8. The molecule has 0 aliphatic rings. The van der Waals surface area contributed by atoms with E-state index >= 15 is 0 Å². The largest absolute Gasteiger partial charge is 0.496 e. The van der Waals surface area contributed by atoms with Crippen LogP contribution in [-0.2, 0) is 22.6 Å². The molecule has 0 aromatic heterocycles. The van der Waals surface area contributed by atoms with Crippen molar-refractivity contribution in [1.82, 2.24) is 5.32 Å². The summed E-state index contributed by atoms with van der Waals surface area (Å²) in [5.41, 5.74) is 1.94. The van der Waals surface area contributed by atoms with E-state index in [0.29, 0.717) is 18.7 Å². The first-order valence-electron chi connectivity index (χ1n) is 8.80. The lowest BCUT2D eigenvalue weighted by molar-refractivity contribution is -0.139. The van der Waals surface area contributed by atoms with Gasteiger partial charge in [-0.25, -0.2) is 4.79 Å². The van der Waals surface area contributed by atoms with E-state index in [0.717, 1.165) is 23.3 Å². The van der Waals surface area contributed by atoms with Crippen molar-refractivity contribution in [3.05, 3.63) is 59.7 Å². The third kappa shape index (κ3) is 7.01. The number of hydrogen-bond acceptors (Lipinski definition) is 4. The van der Waals surface area contributed by atoms with Crippen LogP contribution in [0.2, 0.25) is 0 Å². The molecule has 0 aliphatic heterocycles. The third-order valence-corrected chi connectivity index (χ3v) is 4.05. The van der Waals surface area contributed by atoms with Crippen LogP contribution in [0.4, 0.5) is 0 Å². The van der Waals surface area contributed by atoms with Crippen LogP contribution < -0.4 is 14.8 Å². The summed E-state index contributed by atoms with van der Waals surface area (Å²) in [7, 11) is 1.64.